The van der Waals surface area contributed by atoms with Crippen molar-refractivity contribution in [1.29, 1.82) is 0 Å². The van der Waals surface area contributed by atoms with E-state index in [0.29, 0.717) is 30.6 Å². The van der Waals surface area contributed by atoms with Crippen LogP contribution in [-0.4, -0.2) is 51.6 Å². The number of hydrogen-bond acceptors (Lipinski definition) is 7. The van der Waals surface area contributed by atoms with E-state index in [9.17, 15) is 9.59 Å². The minimum Gasteiger partial charge on any atom is -0.493 e. The lowest BCUT2D eigenvalue weighted by atomic mass is 10.0. The summed E-state index contributed by atoms with van der Waals surface area (Å²) in [6.45, 7) is 1.94. The molecule has 2 aromatic rings. The summed E-state index contributed by atoms with van der Waals surface area (Å²) < 4.78 is 13.4. The van der Waals surface area contributed by atoms with Gasteiger partial charge in [0.1, 0.15) is 11.6 Å². The molecule has 1 fully saturated rings. The summed E-state index contributed by atoms with van der Waals surface area (Å²) in [7, 11) is 0. The van der Waals surface area contributed by atoms with Crippen LogP contribution in [0.25, 0.3) is 0 Å². The van der Waals surface area contributed by atoms with E-state index in [0.717, 1.165) is 37.2 Å². The van der Waals surface area contributed by atoms with E-state index >= 15 is 0 Å². The van der Waals surface area contributed by atoms with Crippen LogP contribution in [0.3, 0.4) is 0 Å². The molecular weight excluding hydrogens is 418 g/mol. The summed E-state index contributed by atoms with van der Waals surface area (Å²) in [4.78, 5) is 23.9. The van der Waals surface area contributed by atoms with Crippen LogP contribution < -0.4 is 15.8 Å². The molecule has 2 amide bonds. The van der Waals surface area contributed by atoms with Gasteiger partial charge in [0.05, 0.1) is 31.1 Å². The first-order chi connectivity index (χ1) is 15.1. The number of aromatic nitrogens is 3. The molecule has 3 N–H and O–H groups in total. The molecule has 3 heterocycles. The predicted molar refractivity (Wildman–Crippen MR) is 115 cm³/mol. The van der Waals surface area contributed by atoms with Crippen LogP contribution in [0.15, 0.2) is 29.4 Å². The van der Waals surface area contributed by atoms with Gasteiger partial charge in [-0.1, -0.05) is 30.0 Å². The first-order valence-electron chi connectivity index (χ1n) is 10.6. The fourth-order valence-corrected chi connectivity index (χ4v) is 4.66. The number of nitrogens with one attached hydrogen (secondary N) is 1. The Bertz CT molecular complexity index is 928. The maximum Gasteiger partial charge on any atom is 0.230 e. The van der Waals surface area contributed by atoms with Gasteiger partial charge in [-0.3, -0.25) is 9.59 Å². The highest BCUT2D eigenvalue weighted by molar-refractivity contribution is 7.99. The molecule has 0 aliphatic carbocycles. The minimum atomic E-state index is -0.378. The van der Waals surface area contributed by atoms with Crippen LogP contribution in [-0.2, 0) is 27.3 Å². The molecule has 31 heavy (non-hydrogen) atoms. The molecule has 2 aliphatic rings. The maximum absolute atomic E-state index is 12.7. The van der Waals surface area contributed by atoms with Crippen molar-refractivity contribution in [2.45, 2.75) is 56.0 Å². The van der Waals surface area contributed by atoms with E-state index in [4.69, 9.17) is 15.2 Å². The molecule has 166 valence electrons. The van der Waals surface area contributed by atoms with Gasteiger partial charge in [-0.25, -0.2) is 0 Å². The van der Waals surface area contributed by atoms with Crippen molar-refractivity contribution in [3.8, 4) is 5.75 Å². The normalized spacial score (nSPS) is 20.1. The second-order valence-corrected chi connectivity index (χ2v) is 8.64. The molecule has 2 atom stereocenters. The molecule has 0 spiro atoms. The van der Waals surface area contributed by atoms with E-state index in [-0.39, 0.29) is 36.1 Å². The van der Waals surface area contributed by atoms with Gasteiger partial charge in [-0.15, -0.1) is 10.2 Å². The van der Waals surface area contributed by atoms with Gasteiger partial charge >= 0.3 is 0 Å². The fraction of sp³-hybridized carbons (Fsp3) is 0.524. The zero-order valence-corrected chi connectivity index (χ0v) is 18.1. The minimum absolute atomic E-state index is 0.0612. The number of primary amides is 1. The Morgan fingerprint density at radius 2 is 2.10 bits per heavy atom. The zero-order valence-electron chi connectivity index (χ0n) is 17.3. The van der Waals surface area contributed by atoms with Crippen LogP contribution in [0.1, 0.15) is 43.1 Å². The zero-order chi connectivity index (χ0) is 21.6. The lowest BCUT2D eigenvalue weighted by Gasteiger charge is -2.26. The highest BCUT2D eigenvalue weighted by Gasteiger charge is 2.24. The van der Waals surface area contributed by atoms with Gasteiger partial charge < -0.3 is 25.1 Å². The Morgan fingerprint density at radius 1 is 1.23 bits per heavy atom. The molecule has 1 aromatic carbocycles. The van der Waals surface area contributed by atoms with Gasteiger partial charge in [-0.05, 0) is 18.9 Å². The molecule has 2 aliphatic heterocycles. The summed E-state index contributed by atoms with van der Waals surface area (Å²) in [5, 5.41) is 12.2. The fourth-order valence-electron chi connectivity index (χ4n) is 3.88. The predicted octanol–water partition coefficient (Wildman–Crippen LogP) is 1.61. The summed E-state index contributed by atoms with van der Waals surface area (Å²) >= 11 is 1.34. The largest absolute Gasteiger partial charge is 0.493 e. The average Bonchev–Trinajstić information content (AvgIpc) is 3.41. The number of nitrogens with two attached hydrogens (primary N) is 1. The van der Waals surface area contributed by atoms with Crippen LogP contribution >= 0.6 is 11.8 Å². The Balaban J connectivity index is 1.39. The van der Waals surface area contributed by atoms with Crippen LogP contribution in [0.2, 0.25) is 0 Å². The smallest absolute Gasteiger partial charge is 0.230 e. The van der Waals surface area contributed by atoms with Crippen molar-refractivity contribution in [2.24, 2.45) is 5.73 Å². The number of thioether (sulfide) groups is 1. The number of nitrogens with zero attached hydrogens (tertiary/aromatic N) is 3. The molecule has 0 bridgehead atoms. The lowest BCUT2D eigenvalue weighted by Crippen LogP contribution is -2.33. The van der Waals surface area contributed by atoms with Crippen LogP contribution in [0.4, 0.5) is 0 Å². The van der Waals surface area contributed by atoms with Crippen molar-refractivity contribution in [3.63, 3.8) is 0 Å². The quantitative estimate of drug-likeness (QED) is 0.562. The number of amides is 2. The number of fused-ring (bicyclic) bond motifs is 1. The van der Waals surface area contributed by atoms with E-state index in [2.05, 4.69) is 15.5 Å². The summed E-state index contributed by atoms with van der Waals surface area (Å²) in [5.41, 5.74) is 6.30. The number of aryl methyl sites for hydroxylation is 1. The number of para-hydroxylation sites is 1. The van der Waals surface area contributed by atoms with Gasteiger partial charge in [0, 0.05) is 31.4 Å². The van der Waals surface area contributed by atoms with E-state index < -0.39 is 0 Å². The van der Waals surface area contributed by atoms with E-state index in [1.807, 2.05) is 28.8 Å². The molecule has 4 rings (SSSR count). The summed E-state index contributed by atoms with van der Waals surface area (Å²) in [6, 6.07) is 7.71. The molecule has 1 saturated heterocycles. The molecule has 10 heteroatoms. The van der Waals surface area contributed by atoms with Gasteiger partial charge in [0.2, 0.25) is 11.8 Å². The number of carbonyl (C=O) groups is 2. The Kier molecular flexibility index (Phi) is 7.08. The molecule has 2 unspecified atom stereocenters. The van der Waals surface area contributed by atoms with Crippen LogP contribution in [0, 0.1) is 0 Å². The summed E-state index contributed by atoms with van der Waals surface area (Å²) in [5.74, 6) is 1.28. The number of benzene rings is 1. The van der Waals surface area contributed by atoms with E-state index in [1.165, 1.54) is 11.8 Å². The maximum atomic E-state index is 12.7. The van der Waals surface area contributed by atoms with E-state index in [1.54, 1.807) is 0 Å². The van der Waals surface area contributed by atoms with Crippen molar-refractivity contribution < 1.29 is 19.1 Å². The SMILES string of the molecule is NC(=O)CCc1nnc(SCC(=O)NC2CCOc3ccccc32)n1CC1CCCO1. The lowest BCUT2D eigenvalue weighted by molar-refractivity contribution is -0.119. The molecule has 0 saturated carbocycles. The molecule has 1 aromatic heterocycles. The monoisotopic (exact) mass is 445 g/mol. The van der Waals surface area contributed by atoms with Crippen LogP contribution in [0.5, 0.6) is 5.75 Å². The molecule has 0 radical (unpaired) electrons. The van der Waals surface area contributed by atoms with Crippen molar-refractivity contribution >= 4 is 23.6 Å². The van der Waals surface area contributed by atoms with Gasteiger partial charge in [0.25, 0.3) is 0 Å². The molecule has 9 nitrogen and oxygen atoms in total. The number of rotatable bonds is 9. The highest BCUT2D eigenvalue weighted by atomic mass is 32.2. The van der Waals surface area contributed by atoms with Crippen molar-refractivity contribution in [2.75, 3.05) is 19.0 Å². The second-order valence-electron chi connectivity index (χ2n) is 7.69. The second kappa shape index (κ2) is 10.1. The summed E-state index contributed by atoms with van der Waals surface area (Å²) in [6.07, 6.45) is 3.45. The third-order valence-corrected chi connectivity index (χ3v) is 6.39. The topological polar surface area (TPSA) is 121 Å². The van der Waals surface area contributed by atoms with Crippen molar-refractivity contribution in [3.05, 3.63) is 35.7 Å². The average molecular weight is 446 g/mol. The Labute approximate surface area is 185 Å². The molecular formula is C21H27N5O4S. The third kappa shape index (κ3) is 5.56. The van der Waals surface area contributed by atoms with Gasteiger partial charge in [0.15, 0.2) is 5.16 Å². The number of hydrogen-bond donors (Lipinski definition) is 2. The number of ether oxygens (including phenoxy) is 2. The third-order valence-electron chi connectivity index (χ3n) is 5.42. The number of carbonyl (C=O) groups excluding carboxylic acids is 2. The highest BCUT2D eigenvalue weighted by Crippen LogP contribution is 2.31. The Morgan fingerprint density at radius 3 is 2.90 bits per heavy atom. The van der Waals surface area contributed by atoms with Gasteiger partial charge in [-0.2, -0.15) is 0 Å². The standard InChI is InChI=1S/C21H27N5O4S/c22-18(27)7-8-19-24-25-21(26(19)12-14-4-3-10-29-14)31-13-20(28)23-16-9-11-30-17-6-2-1-5-15(16)17/h1-2,5-6,14,16H,3-4,7-13H2,(H2,22,27)(H,23,28). The van der Waals surface area contributed by atoms with Crippen molar-refractivity contribution in [1.82, 2.24) is 20.1 Å². The first kappa shape index (κ1) is 21.6. The Hall–Kier alpha value is -2.59. The first-order valence-corrected chi connectivity index (χ1v) is 11.5.